The first-order chi connectivity index (χ1) is 7.56. The molecule has 1 aliphatic rings. The number of ether oxygens (including phenoxy) is 1. The minimum absolute atomic E-state index is 0.0296. The van der Waals surface area contributed by atoms with Crippen molar-refractivity contribution in [1.82, 2.24) is 10.2 Å². The number of amides is 2. The second-order valence-electron chi connectivity index (χ2n) is 4.07. The number of hydrogen-bond acceptors (Lipinski definition) is 3. The van der Waals surface area contributed by atoms with E-state index >= 15 is 0 Å². The molecule has 92 valence electrons. The molecule has 0 radical (unpaired) electrons. The van der Waals surface area contributed by atoms with Gasteiger partial charge in [-0.25, -0.2) is 0 Å². The highest BCUT2D eigenvalue weighted by atomic mass is 16.5. The first-order valence-electron chi connectivity index (χ1n) is 5.73. The minimum Gasteiger partial charge on any atom is -0.380 e. The molecule has 5 nitrogen and oxygen atoms in total. The topological polar surface area (TPSA) is 58.6 Å². The van der Waals surface area contributed by atoms with E-state index in [2.05, 4.69) is 5.32 Å². The molecule has 0 aliphatic carbocycles. The second kappa shape index (κ2) is 5.84. The molecule has 1 fully saturated rings. The van der Waals surface area contributed by atoms with E-state index in [4.69, 9.17) is 4.74 Å². The molecule has 0 aromatic carbocycles. The van der Waals surface area contributed by atoms with Crippen LogP contribution in [-0.2, 0) is 14.3 Å². The van der Waals surface area contributed by atoms with E-state index in [0.717, 1.165) is 0 Å². The van der Waals surface area contributed by atoms with Crippen molar-refractivity contribution in [3.63, 3.8) is 0 Å². The Balaban J connectivity index is 2.63. The molecule has 0 saturated carbocycles. The lowest BCUT2D eigenvalue weighted by Gasteiger charge is -2.27. The van der Waals surface area contributed by atoms with E-state index in [1.54, 1.807) is 11.8 Å². The first-order valence-corrected chi connectivity index (χ1v) is 5.73. The van der Waals surface area contributed by atoms with E-state index in [-0.39, 0.29) is 17.9 Å². The minimum atomic E-state index is -0.431. The quantitative estimate of drug-likeness (QED) is 0.697. The molecule has 1 N–H and O–H groups in total. The molecule has 16 heavy (non-hydrogen) atoms. The van der Waals surface area contributed by atoms with Crippen LogP contribution in [0.2, 0.25) is 0 Å². The van der Waals surface area contributed by atoms with Gasteiger partial charge >= 0.3 is 0 Å². The van der Waals surface area contributed by atoms with Gasteiger partial charge in [0.15, 0.2) is 0 Å². The lowest BCUT2D eigenvalue weighted by Crippen LogP contribution is -2.46. The van der Waals surface area contributed by atoms with Crippen molar-refractivity contribution in [1.29, 1.82) is 0 Å². The van der Waals surface area contributed by atoms with Crippen molar-refractivity contribution in [3.05, 3.63) is 0 Å². The molecule has 1 heterocycles. The maximum Gasteiger partial charge on any atom is 0.245 e. The highest BCUT2D eigenvalue weighted by Crippen LogP contribution is 2.10. The summed E-state index contributed by atoms with van der Waals surface area (Å²) in [5.41, 5.74) is 0. The summed E-state index contributed by atoms with van der Waals surface area (Å²) in [4.78, 5) is 25.1. The Morgan fingerprint density at radius 1 is 1.44 bits per heavy atom. The highest BCUT2D eigenvalue weighted by molar-refractivity contribution is 5.90. The molecule has 1 saturated heterocycles. The van der Waals surface area contributed by atoms with Crippen LogP contribution in [0, 0.1) is 0 Å². The van der Waals surface area contributed by atoms with E-state index in [1.165, 1.54) is 0 Å². The molecule has 2 atom stereocenters. The van der Waals surface area contributed by atoms with Crippen molar-refractivity contribution in [2.45, 2.75) is 39.3 Å². The van der Waals surface area contributed by atoms with Crippen LogP contribution in [0.25, 0.3) is 0 Å². The molecule has 0 spiro atoms. The summed E-state index contributed by atoms with van der Waals surface area (Å²) >= 11 is 0. The largest absolute Gasteiger partial charge is 0.380 e. The van der Waals surface area contributed by atoms with Crippen LogP contribution in [0.15, 0.2) is 0 Å². The number of hydrogen-bond donors (Lipinski definition) is 1. The van der Waals surface area contributed by atoms with Crippen LogP contribution in [-0.4, -0.2) is 48.6 Å². The molecule has 1 aliphatic heterocycles. The van der Waals surface area contributed by atoms with Crippen molar-refractivity contribution in [3.8, 4) is 0 Å². The third kappa shape index (κ3) is 3.20. The van der Waals surface area contributed by atoms with E-state index in [9.17, 15) is 9.59 Å². The fraction of sp³-hybridized carbons (Fsp3) is 0.818. The van der Waals surface area contributed by atoms with Gasteiger partial charge < -0.3 is 15.0 Å². The van der Waals surface area contributed by atoms with Crippen molar-refractivity contribution >= 4 is 11.8 Å². The van der Waals surface area contributed by atoms with Gasteiger partial charge in [0.1, 0.15) is 6.04 Å². The Kier molecular flexibility index (Phi) is 4.73. The van der Waals surface area contributed by atoms with Gasteiger partial charge in [-0.2, -0.15) is 0 Å². The fourth-order valence-corrected chi connectivity index (χ4v) is 1.84. The van der Waals surface area contributed by atoms with E-state index < -0.39 is 6.04 Å². The lowest BCUT2D eigenvalue weighted by molar-refractivity contribution is -0.135. The second-order valence-corrected chi connectivity index (χ2v) is 4.07. The van der Waals surface area contributed by atoms with Crippen molar-refractivity contribution < 1.29 is 14.3 Å². The molecule has 2 amide bonds. The molecule has 1 rings (SSSR count). The lowest BCUT2D eigenvalue weighted by atomic mass is 10.2. The van der Waals surface area contributed by atoms with Crippen molar-refractivity contribution in [2.24, 2.45) is 0 Å². The van der Waals surface area contributed by atoms with Crippen LogP contribution >= 0.6 is 0 Å². The van der Waals surface area contributed by atoms with Gasteiger partial charge in [-0.1, -0.05) is 0 Å². The Hall–Kier alpha value is -1.10. The molecule has 2 unspecified atom stereocenters. The summed E-state index contributed by atoms with van der Waals surface area (Å²) in [6.45, 7) is 7.23. The Morgan fingerprint density at radius 3 is 2.75 bits per heavy atom. The van der Waals surface area contributed by atoms with Crippen LogP contribution in [0.5, 0.6) is 0 Å². The molecular weight excluding hydrogens is 208 g/mol. The van der Waals surface area contributed by atoms with Gasteiger partial charge in [0.05, 0.1) is 6.61 Å². The van der Waals surface area contributed by atoms with Gasteiger partial charge in [-0.05, 0) is 20.8 Å². The van der Waals surface area contributed by atoms with Gasteiger partial charge in [0.25, 0.3) is 0 Å². The monoisotopic (exact) mass is 228 g/mol. The third-order valence-corrected chi connectivity index (χ3v) is 2.72. The summed E-state index contributed by atoms with van der Waals surface area (Å²) in [6.07, 6.45) is 0.363. The fourth-order valence-electron chi connectivity index (χ4n) is 1.84. The zero-order chi connectivity index (χ0) is 12.1. The standard InChI is InChI=1S/C11H20N2O3/c1-4-16-6-5-13-8(2)7-10(14)12-9(3)11(13)15/h8-9H,4-7H2,1-3H3,(H,12,14). The maximum atomic E-state index is 12.0. The Labute approximate surface area is 96.1 Å². The number of nitrogens with one attached hydrogen (secondary N) is 1. The molecular formula is C11H20N2O3. The average molecular weight is 228 g/mol. The number of rotatable bonds is 4. The van der Waals surface area contributed by atoms with Gasteiger partial charge in [0.2, 0.25) is 11.8 Å². The van der Waals surface area contributed by atoms with Crippen LogP contribution in [0.4, 0.5) is 0 Å². The Morgan fingerprint density at radius 2 is 2.12 bits per heavy atom. The summed E-state index contributed by atoms with van der Waals surface area (Å²) < 4.78 is 5.24. The number of nitrogens with zero attached hydrogens (tertiary/aromatic N) is 1. The zero-order valence-electron chi connectivity index (χ0n) is 10.2. The summed E-state index contributed by atoms with van der Waals surface area (Å²) in [5.74, 6) is -0.0923. The average Bonchev–Trinajstić information content (AvgIpc) is 2.30. The summed E-state index contributed by atoms with van der Waals surface area (Å²) in [5, 5.41) is 2.67. The predicted octanol–water partition coefficient (Wildman–Crippen LogP) is 0.148. The van der Waals surface area contributed by atoms with Crippen molar-refractivity contribution in [2.75, 3.05) is 19.8 Å². The maximum absolute atomic E-state index is 12.0. The van der Waals surface area contributed by atoms with Crippen LogP contribution in [0.1, 0.15) is 27.2 Å². The normalized spacial score (nSPS) is 26.6. The van der Waals surface area contributed by atoms with Crippen LogP contribution in [0.3, 0.4) is 0 Å². The summed E-state index contributed by atoms with van der Waals surface area (Å²) in [7, 11) is 0. The zero-order valence-corrected chi connectivity index (χ0v) is 10.2. The predicted molar refractivity (Wildman–Crippen MR) is 59.9 cm³/mol. The van der Waals surface area contributed by atoms with Gasteiger partial charge in [0, 0.05) is 25.6 Å². The number of carbonyl (C=O) groups is 2. The van der Waals surface area contributed by atoms with E-state index in [1.807, 2.05) is 13.8 Å². The smallest absolute Gasteiger partial charge is 0.245 e. The molecule has 0 bridgehead atoms. The molecule has 0 aromatic rings. The molecule has 5 heteroatoms. The van der Waals surface area contributed by atoms with Gasteiger partial charge in [-0.15, -0.1) is 0 Å². The SMILES string of the molecule is CCOCCN1C(=O)C(C)NC(=O)CC1C. The van der Waals surface area contributed by atoms with Crippen LogP contribution < -0.4 is 5.32 Å². The van der Waals surface area contributed by atoms with Gasteiger partial charge in [-0.3, -0.25) is 9.59 Å². The summed E-state index contributed by atoms with van der Waals surface area (Å²) in [6, 6.07) is -0.489. The molecule has 0 aromatic heterocycles. The Bertz CT molecular complexity index is 268. The third-order valence-electron chi connectivity index (χ3n) is 2.72. The van der Waals surface area contributed by atoms with E-state index in [0.29, 0.717) is 26.2 Å². The highest BCUT2D eigenvalue weighted by Gasteiger charge is 2.30. The number of carbonyl (C=O) groups excluding carboxylic acids is 2. The first kappa shape index (κ1) is 13.0.